The summed E-state index contributed by atoms with van der Waals surface area (Å²) in [5, 5.41) is 0. The van der Waals surface area contributed by atoms with E-state index in [1.165, 1.54) is 0 Å². The van der Waals surface area contributed by atoms with Gasteiger partial charge in [-0.15, -0.1) is 0 Å². The average Bonchev–Trinajstić information content (AvgIpc) is 3.04. The van der Waals surface area contributed by atoms with Crippen molar-refractivity contribution in [2.75, 3.05) is 6.54 Å². The van der Waals surface area contributed by atoms with E-state index in [1.807, 2.05) is 17.2 Å². The molecule has 1 amide bonds. The molecule has 0 N–H and O–H groups in total. The fourth-order valence-electron chi connectivity index (χ4n) is 2.82. The number of hydrogen-bond donors (Lipinski definition) is 0. The molecule has 3 rings (SSSR count). The molecule has 1 atom stereocenters. The molecule has 0 saturated carbocycles. The van der Waals surface area contributed by atoms with Crippen molar-refractivity contribution < 1.29 is 4.79 Å². The Morgan fingerprint density at radius 2 is 2.32 bits per heavy atom. The van der Waals surface area contributed by atoms with Crippen LogP contribution in [0.2, 0.25) is 0 Å². The number of aromatic nitrogens is 3. The molecule has 0 aromatic carbocycles. The molecule has 1 aliphatic heterocycles. The summed E-state index contributed by atoms with van der Waals surface area (Å²) in [6, 6.07) is 2.17. The average molecular weight is 258 g/mol. The number of carbonyl (C=O) groups excluding carboxylic acids is 1. The Balaban J connectivity index is 1.91. The van der Waals surface area contributed by atoms with Crippen LogP contribution in [0.5, 0.6) is 0 Å². The molecular weight excluding hydrogens is 240 g/mol. The standard InChI is InChI=1S/C14H18N4O/c1-10(2)12-5-3-8-18(12)13(19)11-9-17-7-4-6-15-14(17)16-11/h4,6-7,9-10,12H,3,5,8H2,1-2H3. The summed E-state index contributed by atoms with van der Waals surface area (Å²) in [5.41, 5.74) is 0.492. The highest BCUT2D eigenvalue weighted by Gasteiger charge is 2.32. The van der Waals surface area contributed by atoms with E-state index in [0.29, 0.717) is 23.4 Å². The smallest absolute Gasteiger partial charge is 0.274 e. The molecule has 3 heterocycles. The summed E-state index contributed by atoms with van der Waals surface area (Å²) in [7, 11) is 0. The SMILES string of the molecule is CC(C)C1CCCN1C(=O)c1cn2cccnc2n1. The van der Waals surface area contributed by atoms with E-state index in [2.05, 4.69) is 23.8 Å². The second kappa shape index (κ2) is 4.64. The van der Waals surface area contributed by atoms with Gasteiger partial charge in [-0.3, -0.25) is 9.20 Å². The third-order valence-electron chi connectivity index (χ3n) is 3.78. The van der Waals surface area contributed by atoms with Crippen molar-refractivity contribution in [3.63, 3.8) is 0 Å². The Bertz CT molecular complexity index is 571. The van der Waals surface area contributed by atoms with Crippen LogP contribution in [0, 0.1) is 5.92 Å². The maximum absolute atomic E-state index is 12.6. The molecule has 5 nitrogen and oxygen atoms in total. The van der Waals surface area contributed by atoms with Gasteiger partial charge in [0.25, 0.3) is 5.91 Å². The lowest BCUT2D eigenvalue weighted by molar-refractivity contribution is 0.0696. The lowest BCUT2D eigenvalue weighted by Crippen LogP contribution is -2.38. The molecule has 0 spiro atoms. The first-order chi connectivity index (χ1) is 9.16. The Labute approximate surface area is 112 Å². The van der Waals surface area contributed by atoms with E-state index in [-0.39, 0.29) is 5.91 Å². The molecule has 1 unspecified atom stereocenters. The number of rotatable bonds is 2. The number of imidazole rings is 1. The second-order valence-corrected chi connectivity index (χ2v) is 5.41. The van der Waals surface area contributed by atoms with Crippen LogP contribution >= 0.6 is 0 Å². The molecule has 0 radical (unpaired) electrons. The van der Waals surface area contributed by atoms with Crippen molar-refractivity contribution in [2.45, 2.75) is 32.7 Å². The third kappa shape index (κ3) is 2.09. The van der Waals surface area contributed by atoms with Gasteiger partial charge in [0.15, 0.2) is 0 Å². The molecule has 2 aromatic rings. The van der Waals surface area contributed by atoms with Gasteiger partial charge >= 0.3 is 0 Å². The minimum absolute atomic E-state index is 0.0294. The first-order valence-electron chi connectivity index (χ1n) is 6.77. The van der Waals surface area contributed by atoms with Gasteiger partial charge in [-0.2, -0.15) is 0 Å². The molecule has 100 valence electrons. The van der Waals surface area contributed by atoms with Crippen LogP contribution in [-0.4, -0.2) is 37.8 Å². The quantitative estimate of drug-likeness (QED) is 0.827. The van der Waals surface area contributed by atoms with Crippen molar-refractivity contribution in [1.82, 2.24) is 19.3 Å². The number of amides is 1. The molecule has 5 heteroatoms. The van der Waals surface area contributed by atoms with Crippen LogP contribution in [0.25, 0.3) is 5.78 Å². The molecule has 19 heavy (non-hydrogen) atoms. The summed E-state index contributed by atoms with van der Waals surface area (Å²) in [6.45, 7) is 5.17. The van der Waals surface area contributed by atoms with Gasteiger partial charge in [-0.05, 0) is 24.8 Å². The van der Waals surface area contributed by atoms with Crippen molar-refractivity contribution >= 4 is 11.7 Å². The van der Waals surface area contributed by atoms with Gasteiger partial charge in [-0.1, -0.05) is 13.8 Å². The summed E-state index contributed by atoms with van der Waals surface area (Å²) < 4.78 is 1.79. The van der Waals surface area contributed by atoms with Crippen LogP contribution < -0.4 is 0 Å². The van der Waals surface area contributed by atoms with E-state index in [9.17, 15) is 4.79 Å². The Morgan fingerprint density at radius 1 is 1.47 bits per heavy atom. The van der Waals surface area contributed by atoms with Crippen LogP contribution in [0.1, 0.15) is 37.2 Å². The molecule has 0 bridgehead atoms. The highest BCUT2D eigenvalue weighted by Crippen LogP contribution is 2.25. The monoisotopic (exact) mass is 258 g/mol. The van der Waals surface area contributed by atoms with Crippen LogP contribution in [0.4, 0.5) is 0 Å². The molecule has 1 fully saturated rings. The minimum atomic E-state index is 0.0294. The second-order valence-electron chi connectivity index (χ2n) is 5.41. The van der Waals surface area contributed by atoms with E-state index in [0.717, 1.165) is 19.4 Å². The predicted octanol–water partition coefficient (Wildman–Crippen LogP) is 1.99. The van der Waals surface area contributed by atoms with E-state index in [1.54, 1.807) is 16.8 Å². The number of carbonyl (C=O) groups is 1. The summed E-state index contributed by atoms with van der Waals surface area (Å²) in [5.74, 6) is 1.09. The molecule has 1 aliphatic rings. The van der Waals surface area contributed by atoms with Gasteiger partial charge in [0, 0.05) is 31.2 Å². The van der Waals surface area contributed by atoms with Crippen LogP contribution in [-0.2, 0) is 0 Å². The predicted molar refractivity (Wildman–Crippen MR) is 71.9 cm³/mol. The van der Waals surface area contributed by atoms with Crippen molar-refractivity contribution in [1.29, 1.82) is 0 Å². The number of hydrogen-bond acceptors (Lipinski definition) is 3. The first kappa shape index (κ1) is 12.1. The largest absolute Gasteiger partial charge is 0.334 e. The van der Waals surface area contributed by atoms with Gasteiger partial charge in [0.2, 0.25) is 5.78 Å². The molecule has 2 aromatic heterocycles. The molecule has 1 saturated heterocycles. The van der Waals surface area contributed by atoms with Gasteiger partial charge in [0.05, 0.1) is 0 Å². The maximum Gasteiger partial charge on any atom is 0.274 e. The fourth-order valence-corrected chi connectivity index (χ4v) is 2.82. The number of nitrogens with zero attached hydrogens (tertiary/aromatic N) is 4. The van der Waals surface area contributed by atoms with Crippen LogP contribution in [0.3, 0.4) is 0 Å². The number of fused-ring (bicyclic) bond motifs is 1. The molecule has 0 aliphatic carbocycles. The van der Waals surface area contributed by atoms with E-state index >= 15 is 0 Å². The zero-order valence-electron chi connectivity index (χ0n) is 11.3. The highest BCUT2D eigenvalue weighted by molar-refractivity contribution is 5.93. The van der Waals surface area contributed by atoms with Crippen molar-refractivity contribution in [3.05, 3.63) is 30.4 Å². The Kier molecular flexibility index (Phi) is 2.97. The van der Waals surface area contributed by atoms with E-state index in [4.69, 9.17) is 0 Å². The number of likely N-dealkylation sites (tertiary alicyclic amines) is 1. The summed E-state index contributed by atoms with van der Waals surface area (Å²) in [4.78, 5) is 23.0. The Morgan fingerprint density at radius 3 is 3.05 bits per heavy atom. The van der Waals surface area contributed by atoms with Gasteiger partial charge in [0.1, 0.15) is 5.69 Å². The van der Waals surface area contributed by atoms with Gasteiger partial charge < -0.3 is 4.90 Å². The summed E-state index contributed by atoms with van der Waals surface area (Å²) >= 11 is 0. The minimum Gasteiger partial charge on any atom is -0.334 e. The molecular formula is C14H18N4O. The van der Waals surface area contributed by atoms with E-state index < -0.39 is 0 Å². The topological polar surface area (TPSA) is 50.5 Å². The Hall–Kier alpha value is -1.91. The van der Waals surface area contributed by atoms with Gasteiger partial charge in [-0.25, -0.2) is 9.97 Å². The maximum atomic E-state index is 12.6. The lowest BCUT2D eigenvalue weighted by atomic mass is 10.0. The third-order valence-corrected chi connectivity index (χ3v) is 3.78. The lowest BCUT2D eigenvalue weighted by Gasteiger charge is -2.26. The first-order valence-corrected chi connectivity index (χ1v) is 6.77. The zero-order chi connectivity index (χ0) is 13.4. The highest BCUT2D eigenvalue weighted by atomic mass is 16.2. The van der Waals surface area contributed by atoms with Crippen molar-refractivity contribution in [2.24, 2.45) is 5.92 Å². The normalized spacial score (nSPS) is 19.5. The van der Waals surface area contributed by atoms with Crippen molar-refractivity contribution in [3.8, 4) is 0 Å². The summed E-state index contributed by atoms with van der Waals surface area (Å²) in [6.07, 6.45) is 7.48. The zero-order valence-corrected chi connectivity index (χ0v) is 11.3. The van der Waals surface area contributed by atoms with Crippen LogP contribution in [0.15, 0.2) is 24.7 Å². The fraction of sp³-hybridized carbons (Fsp3) is 0.500.